The summed E-state index contributed by atoms with van der Waals surface area (Å²) in [6.45, 7) is 7.94. The number of fused-ring (bicyclic) bond motifs is 1. The molecule has 0 bridgehead atoms. The summed E-state index contributed by atoms with van der Waals surface area (Å²) in [6.07, 6.45) is 5.29. The zero-order chi connectivity index (χ0) is 22.2. The van der Waals surface area contributed by atoms with Crippen LogP contribution in [0, 0.1) is 11.4 Å². The van der Waals surface area contributed by atoms with Crippen molar-refractivity contribution >= 4 is 20.9 Å². The molecule has 1 aliphatic heterocycles. The maximum atomic E-state index is 13.5. The Labute approximate surface area is 182 Å². The zero-order valence-corrected chi connectivity index (χ0v) is 19.0. The Morgan fingerprint density at radius 1 is 1.16 bits per heavy atom. The standard InChI is InChI=1S/C23H28FN3O3S/c1-23(2,3)14-22-26-19-12-17(31(28,29)18-9-10-25-21(24)13-18)7-8-20(19)27(22)15-16-6-4-5-11-30-16/h7-10,12-13,16H,4-6,11,14-15H2,1-3H3. The molecule has 1 unspecified atom stereocenters. The van der Waals surface area contributed by atoms with E-state index in [1.165, 1.54) is 6.07 Å². The number of sulfone groups is 1. The van der Waals surface area contributed by atoms with Crippen molar-refractivity contribution in [1.82, 2.24) is 14.5 Å². The van der Waals surface area contributed by atoms with E-state index in [0.717, 1.165) is 55.9 Å². The second-order valence-electron chi connectivity index (χ2n) is 9.33. The zero-order valence-electron chi connectivity index (χ0n) is 18.1. The maximum Gasteiger partial charge on any atom is 0.214 e. The lowest BCUT2D eigenvalue weighted by molar-refractivity contribution is 0.00602. The molecule has 0 saturated carbocycles. The van der Waals surface area contributed by atoms with Crippen molar-refractivity contribution in [2.45, 2.75) is 68.9 Å². The SMILES string of the molecule is CC(C)(C)Cc1nc2cc(S(=O)(=O)c3ccnc(F)c3)ccc2n1CC1CCCCO1. The average Bonchev–Trinajstić information content (AvgIpc) is 3.03. The number of halogens is 1. The van der Waals surface area contributed by atoms with E-state index in [1.54, 1.807) is 18.2 Å². The molecule has 1 atom stereocenters. The Hall–Kier alpha value is -2.32. The third-order valence-corrected chi connectivity index (χ3v) is 7.22. The Balaban J connectivity index is 1.77. The van der Waals surface area contributed by atoms with Crippen LogP contribution < -0.4 is 0 Å². The van der Waals surface area contributed by atoms with Gasteiger partial charge in [-0.1, -0.05) is 20.8 Å². The monoisotopic (exact) mass is 445 g/mol. The van der Waals surface area contributed by atoms with Gasteiger partial charge in [0.2, 0.25) is 15.8 Å². The highest BCUT2D eigenvalue weighted by Gasteiger charge is 2.24. The van der Waals surface area contributed by atoms with E-state index in [1.807, 2.05) is 0 Å². The second kappa shape index (κ2) is 8.31. The highest BCUT2D eigenvalue weighted by molar-refractivity contribution is 7.91. The summed E-state index contributed by atoms with van der Waals surface area (Å²) >= 11 is 0. The summed E-state index contributed by atoms with van der Waals surface area (Å²) in [5.74, 6) is 0.0903. The third-order valence-electron chi connectivity index (χ3n) is 5.47. The Bertz CT molecular complexity index is 1190. The lowest BCUT2D eigenvalue weighted by atomic mass is 9.92. The lowest BCUT2D eigenvalue weighted by Crippen LogP contribution is -2.26. The third kappa shape index (κ3) is 4.80. The van der Waals surface area contributed by atoms with E-state index < -0.39 is 15.8 Å². The number of imidazole rings is 1. The van der Waals surface area contributed by atoms with Crippen molar-refractivity contribution in [3.63, 3.8) is 0 Å². The summed E-state index contributed by atoms with van der Waals surface area (Å²) in [5.41, 5.74) is 1.52. The molecule has 3 heterocycles. The molecule has 1 saturated heterocycles. The fourth-order valence-electron chi connectivity index (χ4n) is 3.98. The van der Waals surface area contributed by atoms with Crippen LogP contribution in [0.3, 0.4) is 0 Å². The molecule has 4 rings (SSSR count). The van der Waals surface area contributed by atoms with Crippen LogP contribution in [-0.2, 0) is 27.5 Å². The predicted octanol–water partition coefficient (Wildman–Crippen LogP) is 4.56. The van der Waals surface area contributed by atoms with E-state index in [2.05, 4.69) is 30.3 Å². The topological polar surface area (TPSA) is 74.1 Å². The van der Waals surface area contributed by atoms with Gasteiger partial charge in [0, 0.05) is 25.3 Å². The number of pyridine rings is 1. The van der Waals surface area contributed by atoms with Gasteiger partial charge in [0.05, 0.1) is 33.5 Å². The second-order valence-corrected chi connectivity index (χ2v) is 11.3. The van der Waals surface area contributed by atoms with Crippen LogP contribution >= 0.6 is 0 Å². The minimum Gasteiger partial charge on any atom is -0.376 e. The van der Waals surface area contributed by atoms with Crippen molar-refractivity contribution in [2.75, 3.05) is 6.61 Å². The average molecular weight is 446 g/mol. The minimum absolute atomic E-state index is 0.0238. The molecule has 0 N–H and O–H groups in total. The van der Waals surface area contributed by atoms with Gasteiger partial charge in [0.25, 0.3) is 0 Å². The van der Waals surface area contributed by atoms with Crippen molar-refractivity contribution in [3.05, 3.63) is 48.3 Å². The van der Waals surface area contributed by atoms with Crippen LogP contribution in [0.2, 0.25) is 0 Å². The number of hydrogen-bond donors (Lipinski definition) is 0. The molecule has 8 heteroatoms. The fourth-order valence-corrected chi connectivity index (χ4v) is 5.26. The number of hydrogen-bond acceptors (Lipinski definition) is 5. The van der Waals surface area contributed by atoms with Crippen molar-refractivity contribution in [2.24, 2.45) is 5.41 Å². The maximum absolute atomic E-state index is 13.5. The first-order valence-corrected chi connectivity index (χ1v) is 12.1. The molecule has 31 heavy (non-hydrogen) atoms. The molecule has 1 fully saturated rings. The first-order chi connectivity index (χ1) is 14.6. The number of ether oxygens (including phenoxy) is 1. The Morgan fingerprint density at radius 3 is 2.61 bits per heavy atom. The van der Waals surface area contributed by atoms with Crippen molar-refractivity contribution in [1.29, 1.82) is 0 Å². The smallest absolute Gasteiger partial charge is 0.214 e. The van der Waals surface area contributed by atoms with Gasteiger partial charge < -0.3 is 9.30 Å². The van der Waals surface area contributed by atoms with Gasteiger partial charge in [-0.05, 0) is 48.9 Å². The lowest BCUT2D eigenvalue weighted by Gasteiger charge is -2.25. The normalized spacial score (nSPS) is 17.9. The van der Waals surface area contributed by atoms with Crippen LogP contribution in [0.15, 0.2) is 46.3 Å². The molecule has 0 radical (unpaired) electrons. The van der Waals surface area contributed by atoms with Crippen LogP contribution in [0.25, 0.3) is 11.0 Å². The van der Waals surface area contributed by atoms with Crippen LogP contribution in [-0.4, -0.2) is 35.7 Å². The Kier molecular flexibility index (Phi) is 5.87. The van der Waals surface area contributed by atoms with Gasteiger partial charge in [-0.25, -0.2) is 18.4 Å². The van der Waals surface area contributed by atoms with E-state index >= 15 is 0 Å². The van der Waals surface area contributed by atoms with Crippen molar-refractivity contribution < 1.29 is 17.5 Å². The Morgan fingerprint density at radius 2 is 1.94 bits per heavy atom. The molecular formula is C23H28FN3O3S. The van der Waals surface area contributed by atoms with Gasteiger partial charge in [-0.15, -0.1) is 0 Å². The molecule has 0 aliphatic carbocycles. The number of nitrogens with zero attached hydrogens (tertiary/aromatic N) is 3. The first-order valence-electron chi connectivity index (χ1n) is 10.6. The first kappa shape index (κ1) is 21.9. The van der Waals surface area contributed by atoms with Gasteiger partial charge in [-0.2, -0.15) is 4.39 Å². The summed E-state index contributed by atoms with van der Waals surface area (Å²) in [5, 5.41) is 0. The van der Waals surface area contributed by atoms with E-state index in [-0.39, 0.29) is 21.3 Å². The molecule has 166 valence electrons. The molecule has 0 spiro atoms. The van der Waals surface area contributed by atoms with Gasteiger partial charge in [-0.3, -0.25) is 0 Å². The number of benzene rings is 1. The number of rotatable bonds is 5. The van der Waals surface area contributed by atoms with Gasteiger partial charge >= 0.3 is 0 Å². The van der Waals surface area contributed by atoms with E-state index in [4.69, 9.17) is 9.72 Å². The highest BCUT2D eigenvalue weighted by Crippen LogP contribution is 2.29. The van der Waals surface area contributed by atoms with Crippen LogP contribution in [0.4, 0.5) is 4.39 Å². The van der Waals surface area contributed by atoms with E-state index in [0.29, 0.717) is 12.1 Å². The highest BCUT2D eigenvalue weighted by atomic mass is 32.2. The molecule has 3 aromatic rings. The quantitative estimate of drug-likeness (QED) is 0.538. The largest absolute Gasteiger partial charge is 0.376 e. The summed E-state index contributed by atoms with van der Waals surface area (Å²) in [7, 11) is -3.87. The summed E-state index contributed by atoms with van der Waals surface area (Å²) in [6, 6.07) is 7.17. The minimum atomic E-state index is -3.87. The molecule has 2 aromatic heterocycles. The molecule has 0 amide bonds. The summed E-state index contributed by atoms with van der Waals surface area (Å²) < 4.78 is 47.6. The molecule has 6 nitrogen and oxygen atoms in total. The van der Waals surface area contributed by atoms with Gasteiger partial charge in [0.15, 0.2) is 0 Å². The van der Waals surface area contributed by atoms with Crippen LogP contribution in [0.5, 0.6) is 0 Å². The van der Waals surface area contributed by atoms with Crippen LogP contribution in [0.1, 0.15) is 45.9 Å². The molecule has 1 aliphatic rings. The molecule has 1 aromatic carbocycles. The summed E-state index contributed by atoms with van der Waals surface area (Å²) in [4.78, 5) is 8.22. The van der Waals surface area contributed by atoms with Crippen molar-refractivity contribution in [3.8, 4) is 0 Å². The fraction of sp³-hybridized carbons (Fsp3) is 0.478. The number of aromatic nitrogens is 3. The molecular weight excluding hydrogens is 417 g/mol. The van der Waals surface area contributed by atoms with E-state index in [9.17, 15) is 12.8 Å². The van der Waals surface area contributed by atoms with Gasteiger partial charge in [0.1, 0.15) is 5.82 Å². The predicted molar refractivity (Wildman–Crippen MR) is 116 cm³/mol.